The van der Waals surface area contributed by atoms with Gasteiger partial charge in [-0.15, -0.1) is 0 Å². The highest BCUT2D eigenvalue weighted by atomic mass is 79.9. The summed E-state index contributed by atoms with van der Waals surface area (Å²) >= 11 is 6.94. The zero-order chi connectivity index (χ0) is 10.6. The molecule has 0 unspecified atom stereocenters. The summed E-state index contributed by atoms with van der Waals surface area (Å²) in [5, 5.41) is 8.75. The molecule has 0 atom stereocenters. The number of nitrogens with zero attached hydrogens (tertiary/aromatic N) is 2. The van der Waals surface area contributed by atoms with E-state index in [1.165, 1.54) is 5.69 Å². The molecule has 0 saturated carbocycles. The van der Waals surface area contributed by atoms with Crippen molar-refractivity contribution in [3.63, 3.8) is 0 Å². The van der Waals surface area contributed by atoms with Crippen molar-refractivity contribution < 1.29 is 0 Å². The average molecular weight is 325 g/mol. The number of alkyl halides is 1. The van der Waals surface area contributed by atoms with Crippen molar-refractivity contribution in [1.29, 1.82) is 0 Å². The van der Waals surface area contributed by atoms with E-state index >= 15 is 0 Å². The minimum atomic E-state index is 0.866. The van der Waals surface area contributed by atoms with Gasteiger partial charge in [-0.3, -0.25) is 4.68 Å². The standard InChI is InChI=1S/C9H15Br2N3/c1-7-9(11)8(14(2)13-7)6-12-5-3-4-10/h12H,3-6H2,1-2H3. The summed E-state index contributed by atoms with van der Waals surface area (Å²) < 4.78 is 3.03. The molecule has 80 valence electrons. The second-order valence-corrected chi connectivity index (χ2v) is 4.78. The van der Waals surface area contributed by atoms with Gasteiger partial charge in [0.1, 0.15) is 0 Å². The Balaban J connectivity index is 2.49. The van der Waals surface area contributed by atoms with Gasteiger partial charge in [-0.1, -0.05) is 15.9 Å². The lowest BCUT2D eigenvalue weighted by Crippen LogP contribution is -2.17. The number of rotatable bonds is 5. The first-order valence-corrected chi connectivity index (χ1v) is 6.53. The summed E-state index contributed by atoms with van der Waals surface area (Å²) in [6.07, 6.45) is 1.15. The fourth-order valence-corrected chi connectivity index (χ4v) is 2.03. The van der Waals surface area contributed by atoms with Crippen LogP contribution in [0.3, 0.4) is 0 Å². The molecular formula is C9H15Br2N3. The molecule has 0 radical (unpaired) electrons. The van der Waals surface area contributed by atoms with Gasteiger partial charge in [0.2, 0.25) is 0 Å². The number of aryl methyl sites for hydroxylation is 2. The summed E-state index contributed by atoms with van der Waals surface area (Å²) in [5.41, 5.74) is 2.25. The molecule has 0 saturated heterocycles. The summed E-state index contributed by atoms with van der Waals surface area (Å²) in [4.78, 5) is 0. The minimum Gasteiger partial charge on any atom is -0.311 e. The van der Waals surface area contributed by atoms with Crippen molar-refractivity contribution in [1.82, 2.24) is 15.1 Å². The predicted molar refractivity (Wildman–Crippen MR) is 65.8 cm³/mol. The van der Waals surface area contributed by atoms with Crippen LogP contribution in [-0.4, -0.2) is 21.7 Å². The lowest BCUT2D eigenvalue weighted by Gasteiger charge is -2.04. The second-order valence-electron chi connectivity index (χ2n) is 3.19. The number of aromatic nitrogens is 2. The third-order valence-electron chi connectivity index (χ3n) is 2.04. The summed E-state index contributed by atoms with van der Waals surface area (Å²) in [7, 11) is 1.97. The van der Waals surface area contributed by atoms with Gasteiger partial charge < -0.3 is 5.32 Å². The smallest absolute Gasteiger partial charge is 0.0739 e. The van der Waals surface area contributed by atoms with Gasteiger partial charge in [0.05, 0.1) is 15.9 Å². The minimum absolute atomic E-state index is 0.866. The van der Waals surface area contributed by atoms with E-state index in [1.807, 2.05) is 18.7 Å². The topological polar surface area (TPSA) is 29.9 Å². The molecular weight excluding hydrogens is 310 g/mol. The Morgan fingerprint density at radius 1 is 1.50 bits per heavy atom. The largest absolute Gasteiger partial charge is 0.311 e. The summed E-state index contributed by atoms with van der Waals surface area (Å²) in [5.74, 6) is 0. The Bertz CT molecular complexity index is 296. The molecule has 5 heteroatoms. The highest BCUT2D eigenvalue weighted by Crippen LogP contribution is 2.19. The maximum Gasteiger partial charge on any atom is 0.0739 e. The highest BCUT2D eigenvalue weighted by molar-refractivity contribution is 9.10. The number of nitrogens with one attached hydrogen (secondary N) is 1. The maximum absolute atomic E-state index is 4.33. The molecule has 0 bridgehead atoms. The lowest BCUT2D eigenvalue weighted by atomic mass is 10.3. The molecule has 14 heavy (non-hydrogen) atoms. The van der Waals surface area contributed by atoms with E-state index in [0.717, 1.165) is 35.0 Å². The Kier molecular flexibility index (Phi) is 5.12. The van der Waals surface area contributed by atoms with Gasteiger partial charge >= 0.3 is 0 Å². The van der Waals surface area contributed by atoms with Crippen LogP contribution in [-0.2, 0) is 13.6 Å². The fourth-order valence-electron chi connectivity index (χ4n) is 1.27. The van der Waals surface area contributed by atoms with Gasteiger partial charge in [0.25, 0.3) is 0 Å². The molecule has 1 rings (SSSR count). The molecule has 0 fully saturated rings. The molecule has 0 aliphatic carbocycles. The Hall–Kier alpha value is 0.130. The van der Waals surface area contributed by atoms with Crippen LogP contribution in [0, 0.1) is 6.92 Å². The van der Waals surface area contributed by atoms with E-state index in [1.54, 1.807) is 0 Å². The fraction of sp³-hybridized carbons (Fsp3) is 0.667. The van der Waals surface area contributed by atoms with Crippen LogP contribution in [0.15, 0.2) is 4.47 Å². The van der Waals surface area contributed by atoms with Crippen LogP contribution in [0.4, 0.5) is 0 Å². The van der Waals surface area contributed by atoms with E-state index in [2.05, 4.69) is 42.3 Å². The van der Waals surface area contributed by atoms with E-state index in [0.29, 0.717) is 0 Å². The lowest BCUT2D eigenvalue weighted by molar-refractivity contribution is 0.620. The van der Waals surface area contributed by atoms with Crippen molar-refractivity contribution in [2.45, 2.75) is 19.9 Å². The summed E-state index contributed by atoms with van der Waals surface area (Å²) in [6, 6.07) is 0. The van der Waals surface area contributed by atoms with E-state index in [-0.39, 0.29) is 0 Å². The molecule has 3 nitrogen and oxygen atoms in total. The number of halogens is 2. The van der Waals surface area contributed by atoms with Crippen LogP contribution in [0.1, 0.15) is 17.8 Å². The first kappa shape index (κ1) is 12.2. The normalized spacial score (nSPS) is 10.9. The van der Waals surface area contributed by atoms with Crippen LogP contribution in [0.25, 0.3) is 0 Å². The third-order valence-corrected chi connectivity index (χ3v) is 3.63. The van der Waals surface area contributed by atoms with Crippen molar-refractivity contribution in [3.8, 4) is 0 Å². The first-order chi connectivity index (χ1) is 6.66. The van der Waals surface area contributed by atoms with Crippen molar-refractivity contribution in [2.24, 2.45) is 7.05 Å². The van der Waals surface area contributed by atoms with E-state index < -0.39 is 0 Å². The number of hydrogen-bond acceptors (Lipinski definition) is 2. The molecule has 1 aromatic rings. The van der Waals surface area contributed by atoms with Crippen molar-refractivity contribution >= 4 is 31.9 Å². The highest BCUT2D eigenvalue weighted by Gasteiger charge is 2.09. The van der Waals surface area contributed by atoms with Gasteiger partial charge in [0, 0.05) is 18.9 Å². The Morgan fingerprint density at radius 2 is 2.21 bits per heavy atom. The molecule has 1 N–H and O–H groups in total. The van der Waals surface area contributed by atoms with Crippen molar-refractivity contribution in [3.05, 3.63) is 15.9 Å². The molecule has 0 amide bonds. The SMILES string of the molecule is Cc1nn(C)c(CNCCCBr)c1Br. The van der Waals surface area contributed by atoms with Crippen LogP contribution < -0.4 is 5.32 Å². The molecule has 0 aliphatic rings. The van der Waals surface area contributed by atoms with Crippen molar-refractivity contribution in [2.75, 3.05) is 11.9 Å². The first-order valence-electron chi connectivity index (χ1n) is 4.61. The molecule has 1 heterocycles. The van der Waals surface area contributed by atoms with E-state index in [4.69, 9.17) is 0 Å². The average Bonchev–Trinajstić information content (AvgIpc) is 2.38. The van der Waals surface area contributed by atoms with Gasteiger partial charge in [-0.25, -0.2) is 0 Å². The zero-order valence-electron chi connectivity index (χ0n) is 8.48. The van der Waals surface area contributed by atoms with Gasteiger partial charge in [0.15, 0.2) is 0 Å². The zero-order valence-corrected chi connectivity index (χ0v) is 11.7. The molecule has 1 aromatic heterocycles. The van der Waals surface area contributed by atoms with Gasteiger partial charge in [-0.2, -0.15) is 5.10 Å². The predicted octanol–water partition coefficient (Wildman–Crippen LogP) is 2.37. The monoisotopic (exact) mass is 323 g/mol. The van der Waals surface area contributed by atoms with Crippen LogP contribution in [0.5, 0.6) is 0 Å². The molecule has 0 spiro atoms. The molecule has 0 aromatic carbocycles. The number of hydrogen-bond donors (Lipinski definition) is 1. The Labute approximate surface area is 102 Å². The second kappa shape index (κ2) is 5.88. The van der Waals surface area contributed by atoms with E-state index in [9.17, 15) is 0 Å². The summed E-state index contributed by atoms with van der Waals surface area (Å²) in [6.45, 7) is 3.90. The molecule has 0 aliphatic heterocycles. The van der Waals surface area contributed by atoms with Crippen LogP contribution >= 0.6 is 31.9 Å². The Morgan fingerprint density at radius 3 is 2.71 bits per heavy atom. The third kappa shape index (κ3) is 3.07. The van der Waals surface area contributed by atoms with Crippen LogP contribution in [0.2, 0.25) is 0 Å². The maximum atomic E-state index is 4.33. The van der Waals surface area contributed by atoms with Gasteiger partial charge in [-0.05, 0) is 35.8 Å². The quantitative estimate of drug-likeness (QED) is 0.665.